The number of fused-ring (bicyclic) bond motifs is 1. The zero-order valence-corrected chi connectivity index (χ0v) is 16.3. The Kier molecular flexibility index (Phi) is 6.00. The number of hydrogen-bond acceptors (Lipinski definition) is 2. The van der Waals surface area contributed by atoms with Crippen LogP contribution in [0.4, 0.5) is 4.39 Å². The van der Waals surface area contributed by atoms with E-state index < -0.39 is 21.6 Å². The van der Waals surface area contributed by atoms with Crippen molar-refractivity contribution in [3.8, 4) is 0 Å². The number of hydrogen-bond donors (Lipinski definition) is 1. The molecule has 2 aromatic rings. The molecule has 26 heavy (non-hydrogen) atoms. The minimum absolute atomic E-state index is 0.00182. The Balaban J connectivity index is 1.81. The fourth-order valence-electron chi connectivity index (χ4n) is 3.48. The monoisotopic (exact) mass is 395 g/mol. The van der Waals surface area contributed by atoms with Gasteiger partial charge in [-0.25, -0.2) is 17.5 Å². The lowest BCUT2D eigenvalue weighted by Crippen LogP contribution is -2.30. The molecular weight excluding hydrogens is 373 g/mol. The summed E-state index contributed by atoms with van der Waals surface area (Å²) in [5.74, 6) is -1.08. The van der Waals surface area contributed by atoms with Gasteiger partial charge in [-0.1, -0.05) is 42.8 Å². The van der Waals surface area contributed by atoms with Gasteiger partial charge in [-0.2, -0.15) is 0 Å². The van der Waals surface area contributed by atoms with E-state index in [-0.39, 0.29) is 16.6 Å². The summed E-state index contributed by atoms with van der Waals surface area (Å²) in [5, 5.41) is 0.122. The molecular formula is C20H23ClFNO2S. The average molecular weight is 396 g/mol. The number of nitrogens with one attached hydrogen (secondary N) is 1. The minimum Gasteiger partial charge on any atom is -0.212 e. The summed E-state index contributed by atoms with van der Waals surface area (Å²) in [6, 6.07) is 10.1. The molecule has 6 heteroatoms. The molecule has 2 aromatic carbocycles. The molecule has 0 radical (unpaired) electrons. The summed E-state index contributed by atoms with van der Waals surface area (Å²) in [6.45, 7) is 1.93. The van der Waals surface area contributed by atoms with Crippen molar-refractivity contribution in [1.82, 2.24) is 4.72 Å². The van der Waals surface area contributed by atoms with E-state index in [9.17, 15) is 12.8 Å². The normalized spacial score (nSPS) is 15.5. The van der Waals surface area contributed by atoms with Gasteiger partial charge in [-0.3, -0.25) is 0 Å². The average Bonchev–Trinajstić information content (AvgIpc) is 2.62. The standard InChI is InChI=1S/C20H23ClFNO2S/c1-2-20(16-11-10-14-6-3-4-7-15(14)12-16)23-26(24,25)13-17-18(21)8-5-9-19(17)22/h5,8-12,20,23H,2-4,6-7,13H2,1H3/t20-/m1/s1. The first-order valence-electron chi connectivity index (χ1n) is 8.94. The van der Waals surface area contributed by atoms with Crippen LogP contribution in [0.25, 0.3) is 0 Å². The molecule has 0 spiro atoms. The van der Waals surface area contributed by atoms with E-state index >= 15 is 0 Å². The van der Waals surface area contributed by atoms with Crippen molar-refractivity contribution in [3.63, 3.8) is 0 Å². The molecule has 140 valence electrons. The summed E-state index contributed by atoms with van der Waals surface area (Å²) in [4.78, 5) is 0. The third kappa shape index (κ3) is 4.45. The van der Waals surface area contributed by atoms with Crippen molar-refractivity contribution < 1.29 is 12.8 Å². The highest BCUT2D eigenvalue weighted by Crippen LogP contribution is 2.27. The molecule has 0 aromatic heterocycles. The Morgan fingerprint density at radius 2 is 1.88 bits per heavy atom. The summed E-state index contributed by atoms with van der Waals surface area (Å²) in [5.41, 5.74) is 3.62. The molecule has 0 unspecified atom stereocenters. The van der Waals surface area contributed by atoms with Crippen LogP contribution in [0.2, 0.25) is 5.02 Å². The smallest absolute Gasteiger partial charge is 0.212 e. The van der Waals surface area contributed by atoms with E-state index in [0.717, 1.165) is 18.4 Å². The van der Waals surface area contributed by atoms with Crippen LogP contribution in [-0.2, 0) is 28.6 Å². The van der Waals surface area contributed by atoms with Gasteiger partial charge in [0.05, 0.1) is 5.75 Å². The van der Waals surface area contributed by atoms with Crippen molar-refractivity contribution in [1.29, 1.82) is 0 Å². The van der Waals surface area contributed by atoms with E-state index in [0.29, 0.717) is 6.42 Å². The third-order valence-electron chi connectivity index (χ3n) is 4.90. The molecule has 3 nitrogen and oxygen atoms in total. The van der Waals surface area contributed by atoms with Gasteiger partial charge >= 0.3 is 0 Å². The molecule has 0 saturated carbocycles. The number of halogens is 2. The largest absolute Gasteiger partial charge is 0.216 e. The lowest BCUT2D eigenvalue weighted by Gasteiger charge is -2.22. The van der Waals surface area contributed by atoms with Crippen LogP contribution in [0.15, 0.2) is 36.4 Å². The number of benzene rings is 2. The second-order valence-corrected chi connectivity index (χ2v) is 8.93. The fraction of sp³-hybridized carbons (Fsp3) is 0.400. The third-order valence-corrected chi connectivity index (χ3v) is 6.57. The van der Waals surface area contributed by atoms with Crippen molar-refractivity contribution >= 4 is 21.6 Å². The van der Waals surface area contributed by atoms with E-state index in [1.807, 2.05) is 13.0 Å². The SMILES string of the molecule is CC[C@@H](NS(=O)(=O)Cc1c(F)cccc1Cl)c1ccc2c(c1)CCCC2. The molecule has 0 amide bonds. The van der Waals surface area contributed by atoms with Crippen LogP contribution in [0.5, 0.6) is 0 Å². The first-order chi connectivity index (χ1) is 12.4. The highest BCUT2D eigenvalue weighted by molar-refractivity contribution is 7.88. The number of rotatable bonds is 6. The summed E-state index contributed by atoms with van der Waals surface area (Å²) in [6.07, 6.45) is 5.12. The lowest BCUT2D eigenvalue weighted by molar-refractivity contribution is 0.545. The van der Waals surface area contributed by atoms with Gasteiger partial charge < -0.3 is 0 Å². The van der Waals surface area contributed by atoms with Crippen molar-refractivity contribution in [2.75, 3.05) is 0 Å². The molecule has 3 rings (SSSR count). The predicted molar refractivity (Wildman–Crippen MR) is 103 cm³/mol. The van der Waals surface area contributed by atoms with Crippen LogP contribution in [-0.4, -0.2) is 8.42 Å². The van der Waals surface area contributed by atoms with E-state index in [2.05, 4.69) is 16.9 Å². The Morgan fingerprint density at radius 3 is 2.58 bits per heavy atom. The second kappa shape index (κ2) is 8.07. The highest BCUT2D eigenvalue weighted by Gasteiger charge is 2.22. The van der Waals surface area contributed by atoms with Crippen molar-refractivity contribution in [2.24, 2.45) is 0 Å². The van der Waals surface area contributed by atoms with Crippen LogP contribution < -0.4 is 4.72 Å². The fourth-order valence-corrected chi connectivity index (χ4v) is 5.28. The molecule has 1 atom stereocenters. The highest BCUT2D eigenvalue weighted by atomic mass is 35.5. The summed E-state index contributed by atoms with van der Waals surface area (Å²) < 4.78 is 41.8. The quantitative estimate of drug-likeness (QED) is 0.753. The Labute approximate surface area is 159 Å². The molecule has 0 saturated heterocycles. The maximum Gasteiger partial charge on any atom is 0.216 e. The Hall–Kier alpha value is -1.43. The van der Waals surface area contributed by atoms with Crippen LogP contribution in [0.1, 0.15) is 54.5 Å². The van der Waals surface area contributed by atoms with Crippen LogP contribution in [0, 0.1) is 5.82 Å². The van der Waals surface area contributed by atoms with Gasteiger partial charge in [0.2, 0.25) is 10.0 Å². The van der Waals surface area contributed by atoms with Crippen LogP contribution in [0.3, 0.4) is 0 Å². The topological polar surface area (TPSA) is 46.2 Å². The Bertz CT molecular complexity index is 878. The van der Waals surface area contributed by atoms with Crippen LogP contribution >= 0.6 is 11.6 Å². The van der Waals surface area contributed by atoms with Gasteiger partial charge in [0.15, 0.2) is 0 Å². The predicted octanol–water partition coefficient (Wildman–Crippen LogP) is 4.93. The van der Waals surface area contributed by atoms with Gasteiger partial charge in [-0.05, 0) is 60.9 Å². The van der Waals surface area contributed by atoms with Gasteiger partial charge in [0.25, 0.3) is 0 Å². The van der Waals surface area contributed by atoms with Gasteiger partial charge in [-0.15, -0.1) is 0 Å². The molecule has 0 fully saturated rings. The van der Waals surface area contributed by atoms with Crippen molar-refractivity contribution in [3.05, 3.63) is 69.5 Å². The number of sulfonamides is 1. The molecule has 0 aliphatic heterocycles. The summed E-state index contributed by atoms with van der Waals surface area (Å²) >= 11 is 5.97. The molecule has 0 bridgehead atoms. The Morgan fingerprint density at radius 1 is 1.15 bits per heavy atom. The molecule has 1 N–H and O–H groups in total. The van der Waals surface area contributed by atoms with E-state index in [1.165, 1.54) is 42.2 Å². The maximum absolute atomic E-state index is 13.9. The van der Waals surface area contributed by atoms with Crippen molar-refractivity contribution in [2.45, 2.75) is 50.8 Å². The molecule has 0 heterocycles. The summed E-state index contributed by atoms with van der Waals surface area (Å²) in [7, 11) is -3.73. The lowest BCUT2D eigenvalue weighted by atomic mass is 9.89. The van der Waals surface area contributed by atoms with Gasteiger partial charge in [0.1, 0.15) is 5.82 Å². The number of aryl methyl sites for hydroxylation is 2. The zero-order valence-electron chi connectivity index (χ0n) is 14.8. The minimum atomic E-state index is -3.73. The van der Waals surface area contributed by atoms with Gasteiger partial charge in [0, 0.05) is 16.6 Å². The maximum atomic E-state index is 13.9. The first kappa shape index (κ1) is 19.3. The first-order valence-corrected chi connectivity index (χ1v) is 11.0. The molecule has 1 aliphatic rings. The van der Waals surface area contributed by atoms with E-state index in [1.54, 1.807) is 0 Å². The zero-order chi connectivity index (χ0) is 18.7. The molecule has 1 aliphatic carbocycles. The second-order valence-electron chi connectivity index (χ2n) is 6.77. The van der Waals surface area contributed by atoms with E-state index in [4.69, 9.17) is 11.6 Å².